The number of hydrogen-bond acceptors (Lipinski definition) is 6. The van der Waals surface area contributed by atoms with Crippen molar-refractivity contribution in [1.29, 1.82) is 0 Å². The second-order valence-electron chi connectivity index (χ2n) is 7.79. The van der Waals surface area contributed by atoms with E-state index in [1.807, 2.05) is 0 Å². The number of aromatic nitrogens is 1. The number of aliphatic carboxylic acids is 1. The van der Waals surface area contributed by atoms with Crippen molar-refractivity contribution >= 4 is 51.8 Å². The average Bonchev–Trinajstić information content (AvgIpc) is 3.14. The number of fused-ring (bicyclic) bond motifs is 1. The third-order valence-electron chi connectivity index (χ3n) is 5.56. The van der Waals surface area contributed by atoms with E-state index in [2.05, 4.69) is 10.5 Å². The van der Waals surface area contributed by atoms with Gasteiger partial charge in [-0.2, -0.15) is 0 Å². The molecule has 2 N–H and O–H groups in total. The van der Waals surface area contributed by atoms with Gasteiger partial charge in [0.25, 0.3) is 5.91 Å². The summed E-state index contributed by atoms with van der Waals surface area (Å²) in [6.45, 7) is 4.56. The molecule has 0 spiro atoms. The van der Waals surface area contributed by atoms with Crippen molar-refractivity contribution in [2.24, 2.45) is 0 Å². The highest BCUT2D eigenvalue weighted by Gasteiger charge is 2.68. The molecule has 1 aromatic carbocycles. The lowest BCUT2D eigenvalue weighted by Crippen LogP contribution is -2.71. The van der Waals surface area contributed by atoms with Crippen LogP contribution in [-0.2, 0) is 20.4 Å². The van der Waals surface area contributed by atoms with Gasteiger partial charge in [0.1, 0.15) is 34.5 Å². The minimum Gasteiger partial charge on any atom is -0.480 e. The van der Waals surface area contributed by atoms with Gasteiger partial charge in [0.2, 0.25) is 5.91 Å². The maximum atomic E-state index is 13.1. The van der Waals surface area contributed by atoms with Gasteiger partial charge in [-0.05, 0) is 32.9 Å². The van der Waals surface area contributed by atoms with Crippen molar-refractivity contribution in [3.63, 3.8) is 0 Å². The molecule has 4 atom stereocenters. The molecule has 9 nitrogen and oxygen atoms in total. The van der Waals surface area contributed by atoms with E-state index < -0.39 is 50.8 Å². The molecule has 12 heteroatoms. The summed E-state index contributed by atoms with van der Waals surface area (Å²) < 4.78 is 16.9. The van der Waals surface area contributed by atoms with Crippen LogP contribution in [0, 0.1) is 6.92 Å². The molecule has 164 valence electrons. The van der Waals surface area contributed by atoms with Gasteiger partial charge in [-0.25, -0.2) is 4.79 Å². The molecule has 2 aliphatic rings. The lowest BCUT2D eigenvalue weighted by Gasteiger charge is -2.43. The summed E-state index contributed by atoms with van der Waals surface area (Å²) in [6, 6.07) is 2.42. The Bertz CT molecular complexity index is 1140. The number of carbonyl (C=O) groups excluding carboxylic acids is 2. The van der Waals surface area contributed by atoms with Gasteiger partial charge >= 0.3 is 5.97 Å². The summed E-state index contributed by atoms with van der Waals surface area (Å²) in [5.41, 5.74) is 0.426. The van der Waals surface area contributed by atoms with Crippen LogP contribution in [0.5, 0.6) is 0 Å². The van der Waals surface area contributed by atoms with Gasteiger partial charge < -0.3 is 19.8 Å². The van der Waals surface area contributed by atoms with Crippen LogP contribution in [0.2, 0.25) is 10.0 Å². The highest BCUT2D eigenvalue weighted by molar-refractivity contribution is 7.87. The Morgan fingerprint density at radius 1 is 1.29 bits per heavy atom. The number of halogens is 2. The first-order valence-electron chi connectivity index (χ1n) is 9.15. The molecule has 2 fully saturated rings. The van der Waals surface area contributed by atoms with Crippen LogP contribution in [0.25, 0.3) is 11.3 Å². The van der Waals surface area contributed by atoms with Gasteiger partial charge in [0, 0.05) is 5.56 Å². The zero-order chi connectivity index (χ0) is 22.8. The van der Waals surface area contributed by atoms with Gasteiger partial charge in [-0.3, -0.25) is 13.8 Å². The van der Waals surface area contributed by atoms with Crippen molar-refractivity contribution in [3.8, 4) is 11.3 Å². The van der Waals surface area contributed by atoms with E-state index in [-0.39, 0.29) is 27.1 Å². The van der Waals surface area contributed by atoms with Crippen LogP contribution in [-0.4, -0.2) is 59.4 Å². The second-order valence-corrected chi connectivity index (χ2v) is 10.7. The minimum atomic E-state index is -1.71. The quantitative estimate of drug-likeness (QED) is 0.634. The number of carboxylic acid groups (broad SMARTS) is 1. The summed E-state index contributed by atoms with van der Waals surface area (Å²) in [5.74, 6) is -2.39. The molecular formula is C19H17Cl2N3O6S. The zero-order valence-electron chi connectivity index (χ0n) is 16.5. The van der Waals surface area contributed by atoms with E-state index in [9.17, 15) is 23.7 Å². The van der Waals surface area contributed by atoms with Crippen molar-refractivity contribution in [1.82, 2.24) is 15.4 Å². The van der Waals surface area contributed by atoms with Crippen LogP contribution in [0.1, 0.15) is 30.0 Å². The van der Waals surface area contributed by atoms with Gasteiger partial charge in [0.05, 0.1) is 25.6 Å². The number of β-lactam (4-membered cyclic amide) rings is 1. The van der Waals surface area contributed by atoms with E-state index in [0.717, 1.165) is 4.90 Å². The molecule has 0 radical (unpaired) electrons. The highest BCUT2D eigenvalue weighted by Crippen LogP contribution is 2.44. The number of rotatable bonds is 4. The molecule has 2 aromatic rings. The zero-order valence-corrected chi connectivity index (χ0v) is 18.8. The number of aryl methyl sites for hydroxylation is 1. The largest absolute Gasteiger partial charge is 0.480 e. The summed E-state index contributed by atoms with van der Waals surface area (Å²) in [4.78, 5) is 38.5. The maximum absolute atomic E-state index is 13.1. The number of benzene rings is 1. The lowest BCUT2D eigenvalue weighted by molar-refractivity contribution is -0.159. The summed E-state index contributed by atoms with van der Waals surface area (Å²) in [5, 5.41) is 15.5. The first-order chi connectivity index (χ1) is 14.5. The fraction of sp³-hybridized carbons (Fsp3) is 0.368. The number of carbonyl (C=O) groups is 3. The summed E-state index contributed by atoms with van der Waals surface area (Å²) >= 11 is 12.5. The maximum Gasteiger partial charge on any atom is 0.328 e. The molecule has 0 saturated carbocycles. The predicted molar refractivity (Wildman–Crippen MR) is 112 cm³/mol. The predicted octanol–water partition coefficient (Wildman–Crippen LogP) is 2.22. The van der Waals surface area contributed by atoms with E-state index in [0.29, 0.717) is 5.56 Å². The summed E-state index contributed by atoms with van der Waals surface area (Å²) in [7, 11) is -1.71. The molecule has 0 bridgehead atoms. The topological polar surface area (TPSA) is 130 Å². The Morgan fingerprint density at radius 2 is 1.90 bits per heavy atom. The van der Waals surface area contributed by atoms with Crippen LogP contribution in [0.4, 0.5) is 0 Å². The van der Waals surface area contributed by atoms with E-state index in [1.54, 1.807) is 18.2 Å². The second kappa shape index (κ2) is 7.32. The molecule has 0 aliphatic carbocycles. The Hall–Kier alpha value is -2.43. The molecule has 3 heterocycles. The Balaban J connectivity index is 1.66. The number of carboxylic acids is 1. The average molecular weight is 486 g/mol. The normalized spacial score (nSPS) is 26.4. The van der Waals surface area contributed by atoms with Crippen LogP contribution >= 0.6 is 23.2 Å². The molecule has 2 aliphatic heterocycles. The van der Waals surface area contributed by atoms with Gasteiger partial charge in [0.15, 0.2) is 0 Å². The number of amides is 2. The molecule has 4 unspecified atom stereocenters. The fourth-order valence-electron chi connectivity index (χ4n) is 4.04. The highest BCUT2D eigenvalue weighted by atomic mass is 35.5. The third kappa shape index (κ3) is 3.07. The van der Waals surface area contributed by atoms with E-state index in [1.165, 1.54) is 20.8 Å². The Morgan fingerprint density at radius 3 is 2.48 bits per heavy atom. The van der Waals surface area contributed by atoms with Crippen LogP contribution in [0.15, 0.2) is 22.7 Å². The van der Waals surface area contributed by atoms with Crippen molar-refractivity contribution in [3.05, 3.63) is 39.6 Å². The lowest BCUT2D eigenvalue weighted by atomic mass is 9.95. The number of nitrogens with zero attached hydrogens (tertiary/aromatic N) is 2. The third-order valence-corrected chi connectivity index (χ3v) is 8.39. The molecular weight excluding hydrogens is 469 g/mol. The molecule has 1 aromatic heterocycles. The number of nitrogens with one attached hydrogen (secondary N) is 1. The first-order valence-corrected chi connectivity index (χ1v) is 11.1. The Kier molecular flexibility index (Phi) is 5.14. The molecule has 31 heavy (non-hydrogen) atoms. The van der Waals surface area contributed by atoms with Crippen LogP contribution < -0.4 is 5.32 Å². The first kappa shape index (κ1) is 21.8. The summed E-state index contributed by atoms with van der Waals surface area (Å²) in [6.07, 6.45) is 0. The van der Waals surface area contributed by atoms with E-state index >= 15 is 0 Å². The molecule has 2 saturated heterocycles. The minimum absolute atomic E-state index is 0.0269. The van der Waals surface area contributed by atoms with Crippen LogP contribution in [0.3, 0.4) is 0 Å². The number of hydrogen-bond donors (Lipinski definition) is 2. The Labute approximate surface area is 189 Å². The van der Waals surface area contributed by atoms with Crippen molar-refractivity contribution < 1.29 is 28.2 Å². The van der Waals surface area contributed by atoms with Crippen molar-refractivity contribution in [2.75, 3.05) is 0 Å². The van der Waals surface area contributed by atoms with Gasteiger partial charge in [-0.15, -0.1) is 0 Å². The standard InChI is InChI=1S/C19H17Cl2N3O6S/c1-7-10(12(23-30-7)11-8(20)5-4-6-9(11)21)15(25)22-13-16(26)24-14(18(27)28)19(2,3)31(29)17(13)24/h4-6,13-14,17H,1-3H3,(H,22,25)(H,27,28). The smallest absolute Gasteiger partial charge is 0.328 e. The monoisotopic (exact) mass is 485 g/mol. The SMILES string of the molecule is Cc1onc(-c2c(Cl)cccc2Cl)c1C(=O)NC1C(=O)N2C1S(=O)C(C)(C)C2C(=O)O. The van der Waals surface area contributed by atoms with Crippen molar-refractivity contribution in [2.45, 2.75) is 43.0 Å². The van der Waals surface area contributed by atoms with E-state index in [4.69, 9.17) is 27.7 Å². The fourth-order valence-corrected chi connectivity index (χ4v) is 6.54. The van der Waals surface area contributed by atoms with Gasteiger partial charge in [-0.1, -0.05) is 34.4 Å². The molecule has 2 amide bonds. The molecule has 4 rings (SSSR count).